The fourth-order valence-corrected chi connectivity index (χ4v) is 3.05. The predicted octanol–water partition coefficient (Wildman–Crippen LogP) is 3.27. The molecule has 0 spiro atoms. The first kappa shape index (κ1) is 22.5. The Hall–Kier alpha value is -1.82. The lowest BCUT2D eigenvalue weighted by Crippen LogP contribution is -2.44. The van der Waals surface area contributed by atoms with Gasteiger partial charge in [-0.2, -0.15) is 18.3 Å². The summed E-state index contributed by atoms with van der Waals surface area (Å²) in [6.45, 7) is 5.68. The van der Waals surface area contributed by atoms with Crippen molar-refractivity contribution >= 4 is 29.9 Å². The maximum absolute atomic E-state index is 13.6. The fourth-order valence-electron chi connectivity index (χ4n) is 3.05. The van der Waals surface area contributed by atoms with Crippen LogP contribution in [0.2, 0.25) is 0 Å². The van der Waals surface area contributed by atoms with Gasteiger partial charge in [-0.3, -0.25) is 0 Å². The summed E-state index contributed by atoms with van der Waals surface area (Å²) in [5.74, 6) is 0.231. The Morgan fingerprint density at radius 1 is 1.21 bits per heavy atom. The van der Waals surface area contributed by atoms with Gasteiger partial charge in [0.2, 0.25) is 0 Å². The second kappa shape index (κ2) is 9.12. The second-order valence-corrected chi connectivity index (χ2v) is 6.45. The molecule has 0 bridgehead atoms. The minimum absolute atomic E-state index is 0. The Morgan fingerprint density at radius 2 is 1.89 bits per heavy atom. The highest BCUT2D eigenvalue weighted by molar-refractivity contribution is 14.0. The lowest BCUT2D eigenvalue weighted by Gasteiger charge is -2.27. The van der Waals surface area contributed by atoms with Crippen LogP contribution in [-0.4, -0.2) is 46.9 Å². The van der Waals surface area contributed by atoms with Crippen LogP contribution in [0.25, 0.3) is 5.69 Å². The zero-order chi connectivity index (χ0) is 19.6. The van der Waals surface area contributed by atoms with Gasteiger partial charge in [0.15, 0.2) is 5.96 Å². The molecule has 6 nitrogen and oxygen atoms in total. The number of guanidine groups is 1. The Morgan fingerprint density at radius 3 is 2.46 bits per heavy atom. The third-order valence-electron chi connectivity index (χ3n) is 4.40. The number of alkyl halides is 3. The normalized spacial score (nSPS) is 15.5. The molecule has 10 heteroatoms. The molecule has 28 heavy (non-hydrogen) atoms. The molecule has 2 aromatic rings. The molecular weight excluding hydrogens is 486 g/mol. The van der Waals surface area contributed by atoms with Crippen molar-refractivity contribution in [1.29, 1.82) is 0 Å². The smallest absolute Gasteiger partial charge is 0.378 e. The first-order valence-electron chi connectivity index (χ1n) is 8.62. The summed E-state index contributed by atoms with van der Waals surface area (Å²) in [5, 5.41) is 4.25. The molecule has 0 saturated carbocycles. The van der Waals surface area contributed by atoms with E-state index in [1.165, 1.54) is 10.7 Å². The highest BCUT2D eigenvalue weighted by Gasteiger charge is 2.34. The van der Waals surface area contributed by atoms with Gasteiger partial charge < -0.3 is 15.4 Å². The second-order valence-electron chi connectivity index (χ2n) is 6.45. The number of hydrogen-bond acceptors (Lipinski definition) is 3. The van der Waals surface area contributed by atoms with Gasteiger partial charge in [0.25, 0.3) is 0 Å². The lowest BCUT2D eigenvalue weighted by molar-refractivity contribution is -0.138. The van der Waals surface area contributed by atoms with Crippen LogP contribution < -0.4 is 5.73 Å². The van der Waals surface area contributed by atoms with Crippen LogP contribution >= 0.6 is 24.0 Å². The van der Waals surface area contributed by atoms with E-state index in [-0.39, 0.29) is 42.0 Å². The molecule has 2 N–H and O–H groups in total. The van der Waals surface area contributed by atoms with E-state index in [1.807, 2.05) is 6.07 Å². The zero-order valence-corrected chi connectivity index (χ0v) is 18.0. The summed E-state index contributed by atoms with van der Waals surface area (Å²) in [4.78, 5) is 5.97. The number of rotatable bonds is 3. The van der Waals surface area contributed by atoms with Gasteiger partial charge in [-0.15, -0.1) is 24.0 Å². The first-order chi connectivity index (χ1) is 12.8. The van der Waals surface area contributed by atoms with Crippen molar-refractivity contribution in [2.45, 2.75) is 26.6 Å². The van der Waals surface area contributed by atoms with Gasteiger partial charge in [0, 0.05) is 18.8 Å². The van der Waals surface area contributed by atoms with Crippen molar-refractivity contribution in [3.05, 3.63) is 46.8 Å². The molecule has 1 aromatic heterocycles. The maximum Gasteiger partial charge on any atom is 0.416 e. The van der Waals surface area contributed by atoms with Crippen molar-refractivity contribution in [1.82, 2.24) is 14.7 Å². The van der Waals surface area contributed by atoms with Gasteiger partial charge in [0.1, 0.15) is 0 Å². The van der Waals surface area contributed by atoms with Gasteiger partial charge in [-0.25, -0.2) is 9.67 Å². The third-order valence-corrected chi connectivity index (χ3v) is 4.40. The number of ether oxygens (including phenoxy) is 1. The summed E-state index contributed by atoms with van der Waals surface area (Å²) in [5.41, 5.74) is 7.14. The van der Waals surface area contributed by atoms with E-state index in [9.17, 15) is 13.2 Å². The van der Waals surface area contributed by atoms with E-state index in [2.05, 4.69) is 10.1 Å². The quantitative estimate of drug-likeness (QED) is 0.392. The Kier molecular flexibility index (Phi) is 7.32. The number of nitrogens with zero attached hydrogens (tertiary/aromatic N) is 4. The van der Waals surface area contributed by atoms with E-state index < -0.39 is 11.7 Å². The van der Waals surface area contributed by atoms with Crippen LogP contribution in [0, 0.1) is 13.8 Å². The zero-order valence-electron chi connectivity index (χ0n) is 15.7. The molecule has 0 atom stereocenters. The van der Waals surface area contributed by atoms with Crippen molar-refractivity contribution in [3.8, 4) is 5.69 Å². The van der Waals surface area contributed by atoms with Crippen molar-refractivity contribution in [2.24, 2.45) is 10.7 Å². The summed E-state index contributed by atoms with van der Waals surface area (Å²) in [6, 6.07) is 5.97. The molecule has 3 rings (SSSR count). The van der Waals surface area contributed by atoms with Crippen LogP contribution in [0.1, 0.15) is 22.5 Å². The summed E-state index contributed by atoms with van der Waals surface area (Å²) in [6.07, 6.45) is -4.50. The van der Waals surface area contributed by atoms with Gasteiger partial charge in [-0.05, 0) is 37.6 Å². The standard InChI is InChI=1S/C18H22F3N5O.HI/c1-12-9-13(2)26(24-12)15-4-3-14(16(10-15)18(19,20)21)11-23-17(22)25-5-7-27-8-6-25;/h3-4,9-10H,5-8,11H2,1-2H3,(H2,22,23);1H. The first-order valence-corrected chi connectivity index (χ1v) is 8.62. The summed E-state index contributed by atoms with van der Waals surface area (Å²) >= 11 is 0. The number of halogens is 4. The van der Waals surface area contributed by atoms with E-state index in [0.717, 1.165) is 17.5 Å². The molecule has 2 heterocycles. The number of aromatic nitrogens is 2. The number of morpholine rings is 1. The number of aryl methyl sites for hydroxylation is 2. The van der Waals surface area contributed by atoms with Crippen LogP contribution in [-0.2, 0) is 17.5 Å². The maximum atomic E-state index is 13.6. The number of aliphatic imine (C=N–C) groups is 1. The Labute approximate surface area is 178 Å². The largest absolute Gasteiger partial charge is 0.416 e. The van der Waals surface area contributed by atoms with E-state index >= 15 is 0 Å². The monoisotopic (exact) mass is 509 g/mol. The molecule has 1 aliphatic rings. The van der Waals surface area contributed by atoms with E-state index in [4.69, 9.17) is 10.5 Å². The highest BCUT2D eigenvalue weighted by Crippen LogP contribution is 2.34. The molecule has 0 unspecified atom stereocenters. The fraction of sp³-hybridized carbons (Fsp3) is 0.444. The molecular formula is C18H23F3IN5O. The van der Waals surface area contributed by atoms with Crippen molar-refractivity contribution in [3.63, 3.8) is 0 Å². The molecule has 1 aliphatic heterocycles. The minimum atomic E-state index is -4.50. The van der Waals surface area contributed by atoms with Crippen LogP contribution in [0.5, 0.6) is 0 Å². The van der Waals surface area contributed by atoms with Gasteiger partial charge in [-0.1, -0.05) is 6.07 Å². The molecule has 0 aliphatic carbocycles. The van der Waals surface area contributed by atoms with E-state index in [0.29, 0.717) is 32.0 Å². The molecule has 154 valence electrons. The average molecular weight is 509 g/mol. The SMILES string of the molecule is Cc1cc(C)n(-c2ccc(CN=C(N)N3CCOCC3)c(C(F)(F)F)c2)n1.I. The summed E-state index contributed by atoms with van der Waals surface area (Å²) < 4.78 is 47.5. The summed E-state index contributed by atoms with van der Waals surface area (Å²) in [7, 11) is 0. The highest BCUT2D eigenvalue weighted by atomic mass is 127. The van der Waals surface area contributed by atoms with Crippen molar-refractivity contribution in [2.75, 3.05) is 26.3 Å². The Bertz CT molecular complexity index is 844. The Balaban J connectivity index is 0.00000280. The van der Waals surface area contributed by atoms with Crippen LogP contribution in [0.15, 0.2) is 29.3 Å². The van der Waals surface area contributed by atoms with Crippen molar-refractivity contribution < 1.29 is 17.9 Å². The van der Waals surface area contributed by atoms with Crippen LogP contribution in [0.4, 0.5) is 13.2 Å². The van der Waals surface area contributed by atoms with Crippen LogP contribution in [0.3, 0.4) is 0 Å². The lowest BCUT2D eigenvalue weighted by atomic mass is 10.1. The predicted molar refractivity (Wildman–Crippen MR) is 111 cm³/mol. The third kappa shape index (κ3) is 5.16. The molecule has 0 radical (unpaired) electrons. The average Bonchev–Trinajstić information content (AvgIpc) is 2.97. The molecule has 1 saturated heterocycles. The molecule has 0 amide bonds. The molecule has 1 fully saturated rings. The minimum Gasteiger partial charge on any atom is -0.378 e. The van der Waals surface area contributed by atoms with Gasteiger partial charge >= 0.3 is 6.18 Å². The number of hydrogen-bond donors (Lipinski definition) is 1. The number of nitrogens with two attached hydrogens (primary N) is 1. The van der Waals surface area contributed by atoms with Gasteiger partial charge in [0.05, 0.1) is 36.7 Å². The molecule has 1 aromatic carbocycles. The number of benzene rings is 1. The van der Waals surface area contributed by atoms with E-state index in [1.54, 1.807) is 24.8 Å². The topological polar surface area (TPSA) is 68.7 Å².